The van der Waals surface area contributed by atoms with E-state index in [2.05, 4.69) is 26.6 Å². The van der Waals surface area contributed by atoms with Crippen LogP contribution in [-0.2, 0) is 160 Å². The van der Waals surface area contributed by atoms with Crippen molar-refractivity contribution in [3.05, 3.63) is 0 Å². The Bertz CT molecular complexity index is 1440. The number of hydrogen-bond donors (Lipinski definition) is 5. The second kappa shape index (κ2) is 70.4. The summed E-state index contributed by atoms with van der Waals surface area (Å²) in [6.07, 6.45) is 9.44. The number of amides is 5. The van der Waals surface area contributed by atoms with Gasteiger partial charge in [0.05, 0.1) is 79.3 Å². The van der Waals surface area contributed by atoms with Gasteiger partial charge in [-0.3, -0.25) is 53.9 Å². The molecule has 0 fully saturated rings. The van der Waals surface area contributed by atoms with Crippen LogP contribution in [0.5, 0.6) is 0 Å². The van der Waals surface area contributed by atoms with Crippen LogP contribution in [0.15, 0.2) is 0 Å². The average molecular weight is 1340 g/mol. The van der Waals surface area contributed by atoms with Gasteiger partial charge in [0, 0.05) is 226 Å². The largest absolute Gasteiger partial charge is 0.542 e. The number of nitrogens with one attached hydrogen (secondary N) is 5. The topological polar surface area (TPSA) is 314 Å². The van der Waals surface area contributed by atoms with Crippen molar-refractivity contribution in [2.24, 2.45) is 0 Å². The van der Waals surface area contributed by atoms with E-state index >= 15 is 0 Å². The van der Waals surface area contributed by atoms with Crippen molar-refractivity contribution in [3.8, 4) is 0 Å². The number of ketones is 1. The predicted molar refractivity (Wildman–Crippen MR) is 290 cm³/mol. The normalized spacial score (nSPS) is 10.8. The maximum atomic E-state index is 13.1. The van der Waals surface area contributed by atoms with Crippen LogP contribution in [-0.4, -0.2) is 273 Å². The van der Waals surface area contributed by atoms with Gasteiger partial charge < -0.3 is 98.4 Å². The van der Waals surface area contributed by atoms with E-state index < -0.39 is 0 Å². The van der Waals surface area contributed by atoms with Crippen molar-refractivity contribution in [1.29, 1.82) is 0 Å². The third kappa shape index (κ3) is 65.4. The summed E-state index contributed by atoms with van der Waals surface area (Å²) in [4.78, 5) is 124. The molecule has 83 heavy (non-hydrogen) atoms. The molecule has 0 saturated carbocycles. The molecule has 5 N–H and O–H groups in total. The Balaban J connectivity index is -0.00000520. The van der Waals surface area contributed by atoms with E-state index in [4.69, 9.17) is 39.3 Å². The fourth-order valence-corrected chi connectivity index (χ4v) is 6.80. The van der Waals surface area contributed by atoms with Crippen LogP contribution in [0.4, 0.5) is 0 Å². The molecule has 4 radical (unpaired) electrons. The van der Waals surface area contributed by atoms with Crippen LogP contribution in [0.3, 0.4) is 0 Å². The molecule has 0 rings (SSSR count). The molecule has 0 heterocycles. The molecule has 0 aliphatic carbocycles. The molecule has 0 aromatic rings. The Morgan fingerprint density at radius 3 is 0.892 bits per heavy atom. The smallest absolute Gasteiger partial charge is 0.221 e. The Kier molecular flexibility index (Phi) is 73.8. The first-order chi connectivity index (χ1) is 39.1. The SMILES string of the molecule is [3H]CCN(CCC(=O)CCCN(CCC(=O)NCCOCCOCC[C-]=O)CCC(=O)NCCOCCOCC[C-]=O)CCC(=O)NCCN(CCC(=O)NCCOCCOCC[C-]=O)CCC(=O)NCCOCCOCC[C-]=O.[V].[V].[V].[V]. The van der Waals surface area contributed by atoms with Crippen LogP contribution in [0.25, 0.3) is 0 Å². The maximum absolute atomic E-state index is 13.1. The molecule has 0 spiro atoms. The van der Waals surface area contributed by atoms with E-state index in [-0.39, 0.29) is 260 Å². The number of carbonyl (C=O) groups excluding carboxylic acids is 10. The van der Waals surface area contributed by atoms with Crippen LogP contribution in [0, 0.1) is 0 Å². The van der Waals surface area contributed by atoms with Gasteiger partial charge in [0.25, 0.3) is 0 Å². The Labute approximate surface area is 541 Å². The number of carbonyl (C=O) groups is 6. The third-order valence-corrected chi connectivity index (χ3v) is 11.1. The van der Waals surface area contributed by atoms with Crippen molar-refractivity contribution in [2.75, 3.05) is 197 Å². The van der Waals surface area contributed by atoms with Gasteiger partial charge in [-0.25, -0.2) is 0 Å². The van der Waals surface area contributed by atoms with Crippen molar-refractivity contribution >= 4 is 60.5 Å². The van der Waals surface area contributed by atoms with Crippen LogP contribution in [0.1, 0.15) is 85.3 Å². The first-order valence-corrected chi connectivity index (χ1v) is 27.4. The summed E-state index contributed by atoms with van der Waals surface area (Å²) in [5.41, 5.74) is 0. The quantitative estimate of drug-likeness (QED) is 0.0335. The van der Waals surface area contributed by atoms with Gasteiger partial charge in [-0.2, -0.15) is 0 Å². The number of nitrogens with zero attached hydrogens (tertiary/aromatic N) is 3. The molecule has 26 nitrogen and oxygen atoms in total. The Morgan fingerprint density at radius 2 is 0.590 bits per heavy atom. The van der Waals surface area contributed by atoms with Crippen molar-refractivity contribution in [1.82, 2.24) is 41.3 Å². The van der Waals surface area contributed by atoms with Gasteiger partial charge in [0.15, 0.2) is 0 Å². The second-order valence-electron chi connectivity index (χ2n) is 17.4. The number of Topliss-reactive ketones (excluding diaryl/α,β-unsaturated/α-hetero) is 1. The first-order valence-electron chi connectivity index (χ1n) is 28.1. The van der Waals surface area contributed by atoms with Gasteiger partial charge in [-0.1, -0.05) is 6.90 Å². The standard InChI is InChI=1S/C53H92N8O18.4V/c1-2-59(21-9-48(66)8-3-20-60(23-11-50(68)55-16-36-76-44-40-72-32-4-28-62)24-12-51(69)56-17-37-77-45-41-73-33-5-29-63)22-10-49(67)54-15-27-61(25-13-52(70)57-18-38-78-46-42-74-34-6-30-64)26-14-53(71)58-19-39-79-47-43-75-35-7-31-65;;;;/h2-27,32-47H2,1H3,(H,54,67)(H,55,68)(H,56,69)(H,57,70)(H,58,71);;;;/q-4;;;;/i1T;;;;. The van der Waals surface area contributed by atoms with Crippen LogP contribution < -0.4 is 26.6 Å². The number of hydrogen-bond acceptors (Lipinski definition) is 21. The average Bonchev–Trinajstić information content (AvgIpc) is 3.47. The molecule has 0 aromatic carbocycles. The first kappa shape index (κ1) is 87.0. The van der Waals surface area contributed by atoms with Crippen molar-refractivity contribution < 1.29 is 161 Å². The maximum Gasteiger partial charge on any atom is 0.221 e. The van der Waals surface area contributed by atoms with E-state index in [1.54, 1.807) is 25.1 Å². The Morgan fingerprint density at radius 1 is 0.325 bits per heavy atom. The molecular weight excluding hydrogens is 1240 g/mol. The fourth-order valence-electron chi connectivity index (χ4n) is 6.80. The second-order valence-corrected chi connectivity index (χ2v) is 17.4. The molecule has 5 amide bonds. The molecule has 30 heteroatoms. The molecule has 0 aliphatic rings. The van der Waals surface area contributed by atoms with E-state index in [1.807, 2.05) is 14.7 Å². The summed E-state index contributed by atoms with van der Waals surface area (Å²) in [7, 11) is 0. The minimum absolute atomic E-state index is 0. The zero-order chi connectivity index (χ0) is 58.6. The molecule has 0 aliphatic heterocycles. The summed E-state index contributed by atoms with van der Waals surface area (Å²) in [5, 5.41) is 14.1. The summed E-state index contributed by atoms with van der Waals surface area (Å²) < 4.78 is 50.5. The molecule has 0 saturated heterocycles. The van der Waals surface area contributed by atoms with Crippen LogP contribution >= 0.6 is 0 Å². The van der Waals surface area contributed by atoms with Crippen molar-refractivity contribution in [3.63, 3.8) is 0 Å². The zero-order valence-corrected chi connectivity index (χ0v) is 54.0. The van der Waals surface area contributed by atoms with E-state index in [1.165, 1.54) is 0 Å². The third-order valence-electron chi connectivity index (χ3n) is 11.1. The molecule has 0 bridgehead atoms. The molecular formula is C53H92N8O18V4-4. The minimum atomic E-state index is -0.230. The van der Waals surface area contributed by atoms with Crippen molar-refractivity contribution in [2.45, 2.75) is 83.9 Å². The Hall–Kier alpha value is -2.40. The van der Waals surface area contributed by atoms with Gasteiger partial charge in [-0.05, 0) is 19.5 Å². The van der Waals surface area contributed by atoms with E-state index in [0.29, 0.717) is 131 Å². The molecule has 0 aromatic heterocycles. The van der Waals surface area contributed by atoms with Crippen LogP contribution in [0.2, 0.25) is 0 Å². The monoisotopic (exact) mass is 1330 g/mol. The van der Waals surface area contributed by atoms with Gasteiger partial charge >= 0.3 is 0 Å². The molecule has 0 atom stereocenters. The summed E-state index contributed by atoms with van der Waals surface area (Å²) >= 11 is 0. The minimum Gasteiger partial charge on any atom is -0.542 e. The van der Waals surface area contributed by atoms with Gasteiger partial charge in [0.1, 0.15) is 5.78 Å². The van der Waals surface area contributed by atoms with Gasteiger partial charge in [0.2, 0.25) is 29.5 Å². The van der Waals surface area contributed by atoms with E-state index in [0.717, 1.165) is 0 Å². The summed E-state index contributed by atoms with van der Waals surface area (Å²) in [6.45, 7) is 9.42. The summed E-state index contributed by atoms with van der Waals surface area (Å²) in [5.74, 6) is -1.04. The van der Waals surface area contributed by atoms with E-state index in [9.17, 15) is 47.9 Å². The number of rotatable bonds is 62. The predicted octanol–water partition coefficient (Wildman–Crippen LogP) is -1.69. The number of ether oxygens (including phenoxy) is 8. The van der Waals surface area contributed by atoms with Gasteiger partial charge in [-0.15, -0.1) is 25.7 Å². The molecule has 0 unspecified atom stereocenters. The zero-order valence-electron chi connectivity index (χ0n) is 49.4. The fraction of sp³-hybridized carbons (Fsp3) is 0.811. The summed E-state index contributed by atoms with van der Waals surface area (Å²) in [6, 6.07) is 0. The molecule has 476 valence electrons.